The minimum atomic E-state index is -0.575. The van der Waals surface area contributed by atoms with E-state index in [9.17, 15) is 5.11 Å². The molecule has 3 rings (SSSR count). The second-order valence-electron chi connectivity index (χ2n) is 5.79. The van der Waals surface area contributed by atoms with Crippen molar-refractivity contribution in [3.8, 4) is 11.4 Å². The Hall–Kier alpha value is -1.61. The lowest BCUT2D eigenvalue weighted by Crippen LogP contribution is -2.22. The number of hydrogen-bond donors (Lipinski definition) is 1. The van der Waals surface area contributed by atoms with E-state index in [1.807, 2.05) is 28.8 Å². The Morgan fingerprint density at radius 2 is 2.32 bits per heavy atom. The third-order valence-electron chi connectivity index (χ3n) is 3.90. The first-order chi connectivity index (χ1) is 12.3. The molecule has 0 bridgehead atoms. The van der Waals surface area contributed by atoms with E-state index in [0.717, 1.165) is 30.9 Å². The first-order valence-electron chi connectivity index (χ1n) is 8.31. The van der Waals surface area contributed by atoms with Crippen LogP contribution < -0.4 is 4.74 Å². The largest absolute Gasteiger partial charge is 0.495 e. The monoisotopic (exact) mass is 365 g/mol. The fourth-order valence-electron chi connectivity index (χ4n) is 2.65. The van der Waals surface area contributed by atoms with Crippen molar-refractivity contribution >= 4 is 11.8 Å². The molecule has 1 N–H and O–H groups in total. The number of para-hydroxylation sites is 2. The summed E-state index contributed by atoms with van der Waals surface area (Å²) in [5, 5.41) is 18.9. The quantitative estimate of drug-likeness (QED) is 0.680. The maximum atomic E-state index is 10.1. The average molecular weight is 365 g/mol. The molecule has 0 amide bonds. The van der Waals surface area contributed by atoms with Gasteiger partial charge in [-0.3, -0.25) is 4.57 Å². The lowest BCUT2D eigenvalue weighted by molar-refractivity contribution is -0.0114. The minimum Gasteiger partial charge on any atom is -0.495 e. The third kappa shape index (κ3) is 4.94. The number of rotatable bonds is 9. The van der Waals surface area contributed by atoms with Crippen LogP contribution in [0.2, 0.25) is 0 Å². The van der Waals surface area contributed by atoms with Gasteiger partial charge in [0, 0.05) is 12.4 Å². The maximum Gasteiger partial charge on any atom is 0.195 e. The minimum absolute atomic E-state index is 0.175. The molecule has 1 aromatic carbocycles. The van der Waals surface area contributed by atoms with Gasteiger partial charge in [-0.15, -0.1) is 10.2 Å². The number of hydrogen-bond acceptors (Lipinski definition) is 7. The molecule has 0 unspecified atom stereocenters. The molecular formula is C17H23N3O4S. The van der Waals surface area contributed by atoms with Gasteiger partial charge in [-0.05, 0) is 25.0 Å². The second-order valence-corrected chi connectivity index (χ2v) is 6.78. The number of thioether (sulfide) groups is 1. The Balaban J connectivity index is 1.51. The molecule has 0 spiro atoms. The fraction of sp³-hybridized carbons (Fsp3) is 0.529. The Labute approximate surface area is 151 Å². The molecule has 2 heterocycles. The number of methoxy groups -OCH3 is 1. The van der Waals surface area contributed by atoms with Gasteiger partial charge in [-0.2, -0.15) is 0 Å². The normalized spacial score (nSPS) is 18.4. The van der Waals surface area contributed by atoms with Gasteiger partial charge in [-0.25, -0.2) is 0 Å². The molecule has 2 atom stereocenters. The molecule has 1 saturated heterocycles. The van der Waals surface area contributed by atoms with Crippen LogP contribution in [0.4, 0.5) is 0 Å². The van der Waals surface area contributed by atoms with Crippen LogP contribution in [0.1, 0.15) is 12.8 Å². The van der Waals surface area contributed by atoms with Crippen LogP contribution in [0.5, 0.6) is 5.75 Å². The van der Waals surface area contributed by atoms with Crippen molar-refractivity contribution in [2.45, 2.75) is 30.2 Å². The summed E-state index contributed by atoms with van der Waals surface area (Å²) < 4.78 is 18.3. The predicted octanol–water partition coefficient (Wildman–Crippen LogP) is 1.92. The van der Waals surface area contributed by atoms with Crippen molar-refractivity contribution in [3.63, 3.8) is 0 Å². The molecular weight excluding hydrogens is 342 g/mol. The molecule has 1 aliphatic rings. The van der Waals surface area contributed by atoms with Crippen molar-refractivity contribution in [2.75, 3.05) is 32.7 Å². The van der Waals surface area contributed by atoms with Gasteiger partial charge < -0.3 is 19.3 Å². The van der Waals surface area contributed by atoms with Crippen LogP contribution in [0.3, 0.4) is 0 Å². The summed E-state index contributed by atoms with van der Waals surface area (Å²) in [4.78, 5) is 0. The SMILES string of the molecule is COc1ccccc1-n1cnnc1SC[C@H](O)COC[C@@H]1CCCO1. The predicted molar refractivity (Wildman–Crippen MR) is 94.4 cm³/mol. The van der Waals surface area contributed by atoms with Crippen molar-refractivity contribution in [1.29, 1.82) is 0 Å². The van der Waals surface area contributed by atoms with E-state index in [-0.39, 0.29) is 12.7 Å². The summed E-state index contributed by atoms with van der Waals surface area (Å²) in [6, 6.07) is 7.67. The third-order valence-corrected chi connectivity index (χ3v) is 4.99. The molecule has 0 saturated carbocycles. The van der Waals surface area contributed by atoms with Crippen molar-refractivity contribution in [3.05, 3.63) is 30.6 Å². The zero-order chi connectivity index (χ0) is 17.5. The highest BCUT2D eigenvalue weighted by Crippen LogP contribution is 2.26. The van der Waals surface area contributed by atoms with Crippen LogP contribution in [0, 0.1) is 0 Å². The first kappa shape index (κ1) is 18.2. The standard InChI is InChI=1S/C17H23N3O4S/c1-22-16-7-3-2-6-15(16)20-12-18-19-17(20)25-11-13(21)9-23-10-14-5-4-8-24-14/h2-3,6-7,12-14,21H,4-5,8-11H2,1H3/t13-,14+/m1/s1. The highest BCUT2D eigenvalue weighted by molar-refractivity contribution is 7.99. The summed E-state index contributed by atoms with van der Waals surface area (Å²) in [7, 11) is 1.63. The molecule has 0 radical (unpaired) electrons. The van der Waals surface area contributed by atoms with Gasteiger partial charge in [-0.1, -0.05) is 23.9 Å². The van der Waals surface area contributed by atoms with Crippen LogP contribution in [-0.2, 0) is 9.47 Å². The zero-order valence-electron chi connectivity index (χ0n) is 14.2. The van der Waals surface area contributed by atoms with Gasteiger partial charge in [0.25, 0.3) is 0 Å². The Bertz CT molecular complexity index is 661. The highest BCUT2D eigenvalue weighted by Gasteiger charge is 2.17. The highest BCUT2D eigenvalue weighted by atomic mass is 32.2. The molecule has 1 aliphatic heterocycles. The molecule has 25 heavy (non-hydrogen) atoms. The van der Waals surface area contributed by atoms with Gasteiger partial charge in [0.1, 0.15) is 12.1 Å². The number of aliphatic hydroxyl groups excluding tert-OH is 1. The summed E-state index contributed by atoms with van der Waals surface area (Å²) in [5.74, 6) is 1.21. The average Bonchev–Trinajstić information content (AvgIpc) is 3.31. The summed E-state index contributed by atoms with van der Waals surface area (Å²) >= 11 is 1.43. The van der Waals surface area contributed by atoms with E-state index in [1.54, 1.807) is 13.4 Å². The Morgan fingerprint density at radius 3 is 3.12 bits per heavy atom. The number of ether oxygens (including phenoxy) is 3. The smallest absolute Gasteiger partial charge is 0.195 e. The lowest BCUT2D eigenvalue weighted by atomic mass is 10.2. The van der Waals surface area contributed by atoms with Crippen molar-refractivity contribution in [2.24, 2.45) is 0 Å². The van der Waals surface area contributed by atoms with E-state index < -0.39 is 6.10 Å². The van der Waals surface area contributed by atoms with E-state index in [4.69, 9.17) is 14.2 Å². The van der Waals surface area contributed by atoms with Crippen LogP contribution in [0.15, 0.2) is 35.7 Å². The number of benzene rings is 1. The maximum absolute atomic E-state index is 10.1. The lowest BCUT2D eigenvalue weighted by Gasteiger charge is -2.14. The molecule has 2 aromatic rings. The van der Waals surface area contributed by atoms with Crippen LogP contribution in [-0.4, -0.2) is 64.8 Å². The summed E-state index contributed by atoms with van der Waals surface area (Å²) in [6.07, 6.45) is 3.36. The molecule has 1 fully saturated rings. The number of aromatic nitrogens is 3. The zero-order valence-corrected chi connectivity index (χ0v) is 15.0. The second kappa shape index (κ2) is 9.19. The molecule has 0 aliphatic carbocycles. The number of nitrogens with zero attached hydrogens (tertiary/aromatic N) is 3. The van der Waals surface area contributed by atoms with Gasteiger partial charge in [0.15, 0.2) is 5.16 Å². The number of aliphatic hydroxyl groups is 1. The van der Waals surface area contributed by atoms with E-state index in [1.165, 1.54) is 11.8 Å². The van der Waals surface area contributed by atoms with E-state index in [0.29, 0.717) is 17.5 Å². The Morgan fingerprint density at radius 1 is 1.44 bits per heavy atom. The molecule has 8 heteroatoms. The van der Waals surface area contributed by atoms with E-state index >= 15 is 0 Å². The van der Waals surface area contributed by atoms with Gasteiger partial charge >= 0.3 is 0 Å². The molecule has 1 aromatic heterocycles. The Kier molecular flexibility index (Phi) is 6.69. The molecule has 7 nitrogen and oxygen atoms in total. The van der Waals surface area contributed by atoms with Crippen LogP contribution in [0.25, 0.3) is 5.69 Å². The van der Waals surface area contributed by atoms with Crippen molar-refractivity contribution in [1.82, 2.24) is 14.8 Å². The van der Waals surface area contributed by atoms with E-state index in [2.05, 4.69) is 10.2 Å². The summed E-state index contributed by atoms with van der Waals surface area (Å²) in [5.41, 5.74) is 0.863. The van der Waals surface area contributed by atoms with Crippen LogP contribution >= 0.6 is 11.8 Å². The topological polar surface area (TPSA) is 78.6 Å². The molecule has 136 valence electrons. The van der Waals surface area contributed by atoms with Gasteiger partial charge in [0.2, 0.25) is 0 Å². The first-order valence-corrected chi connectivity index (χ1v) is 9.30. The van der Waals surface area contributed by atoms with Crippen molar-refractivity contribution < 1.29 is 19.3 Å². The van der Waals surface area contributed by atoms with Gasteiger partial charge in [0.05, 0.1) is 38.2 Å². The summed E-state index contributed by atoms with van der Waals surface area (Å²) in [6.45, 7) is 1.64. The fourth-order valence-corrected chi connectivity index (χ4v) is 3.47.